The van der Waals surface area contributed by atoms with E-state index in [0.717, 1.165) is 29.0 Å². The van der Waals surface area contributed by atoms with E-state index in [1.807, 2.05) is 55.6 Å². The van der Waals surface area contributed by atoms with E-state index in [4.69, 9.17) is 0 Å². The van der Waals surface area contributed by atoms with Crippen molar-refractivity contribution in [1.82, 2.24) is 9.97 Å². The van der Waals surface area contributed by atoms with Gasteiger partial charge in [0.15, 0.2) is 5.13 Å². The number of rotatable bonds is 7. The first kappa shape index (κ1) is 23.9. The van der Waals surface area contributed by atoms with Crippen molar-refractivity contribution in [3.8, 4) is 0 Å². The van der Waals surface area contributed by atoms with Crippen LogP contribution in [0.5, 0.6) is 0 Å². The lowest BCUT2D eigenvalue weighted by Crippen LogP contribution is -2.40. The number of nitrogens with zero attached hydrogens (tertiary/aromatic N) is 2. The summed E-state index contributed by atoms with van der Waals surface area (Å²) in [5, 5.41) is 5.78. The Hall–Kier alpha value is -3.26. The summed E-state index contributed by atoms with van der Waals surface area (Å²) in [5.41, 5.74) is 0.829. The molecule has 34 heavy (non-hydrogen) atoms. The highest BCUT2D eigenvalue weighted by atomic mass is 32.1. The normalized spacial score (nSPS) is 13.5. The molecule has 0 bridgehead atoms. The summed E-state index contributed by atoms with van der Waals surface area (Å²) in [7, 11) is 0. The van der Waals surface area contributed by atoms with Crippen LogP contribution in [0.1, 0.15) is 40.6 Å². The molecule has 0 amide bonds. The van der Waals surface area contributed by atoms with Crippen LogP contribution < -0.4 is 5.32 Å². The molecule has 0 aliphatic carbocycles. The van der Waals surface area contributed by atoms with Gasteiger partial charge in [-0.2, -0.15) is 13.2 Å². The first-order chi connectivity index (χ1) is 16.2. The van der Waals surface area contributed by atoms with Crippen LogP contribution in [0.2, 0.25) is 0 Å². The maximum atomic E-state index is 14.6. The van der Waals surface area contributed by atoms with Crippen molar-refractivity contribution < 1.29 is 17.6 Å². The number of benzene rings is 2. The van der Waals surface area contributed by atoms with Crippen molar-refractivity contribution in [2.24, 2.45) is 0 Å². The third-order valence-corrected chi connectivity index (χ3v) is 6.42. The van der Waals surface area contributed by atoms with Crippen molar-refractivity contribution in [2.75, 3.05) is 5.32 Å². The number of halogens is 4. The van der Waals surface area contributed by atoms with Gasteiger partial charge in [-0.3, -0.25) is 4.98 Å². The Morgan fingerprint density at radius 1 is 0.971 bits per heavy atom. The van der Waals surface area contributed by atoms with Gasteiger partial charge in [-0.25, -0.2) is 9.37 Å². The van der Waals surface area contributed by atoms with Crippen LogP contribution in [0.3, 0.4) is 0 Å². The molecule has 4 aromatic rings. The van der Waals surface area contributed by atoms with Crippen molar-refractivity contribution in [2.45, 2.75) is 38.4 Å². The van der Waals surface area contributed by atoms with Crippen LogP contribution in [0.25, 0.3) is 0 Å². The summed E-state index contributed by atoms with van der Waals surface area (Å²) >= 11 is 1.35. The molecule has 0 saturated heterocycles. The molecule has 2 heterocycles. The molecular formula is C26H23F4N3S. The van der Waals surface area contributed by atoms with Gasteiger partial charge >= 0.3 is 6.18 Å². The van der Waals surface area contributed by atoms with Crippen molar-refractivity contribution in [3.05, 3.63) is 112 Å². The van der Waals surface area contributed by atoms with Gasteiger partial charge in [0.2, 0.25) is 0 Å². The molecular weight excluding hydrogens is 462 g/mol. The summed E-state index contributed by atoms with van der Waals surface area (Å²) in [4.78, 5) is 9.16. The van der Waals surface area contributed by atoms with Gasteiger partial charge in [0, 0.05) is 18.0 Å². The predicted octanol–water partition coefficient (Wildman–Crippen LogP) is 7.17. The quantitative estimate of drug-likeness (QED) is 0.282. The van der Waals surface area contributed by atoms with E-state index in [-0.39, 0.29) is 12.0 Å². The minimum atomic E-state index is -4.70. The number of pyridine rings is 1. The smallest absolute Gasteiger partial charge is 0.346 e. The summed E-state index contributed by atoms with van der Waals surface area (Å²) in [6.45, 7) is 3.85. The van der Waals surface area contributed by atoms with Gasteiger partial charge in [0.25, 0.3) is 0 Å². The van der Waals surface area contributed by atoms with E-state index in [2.05, 4.69) is 15.3 Å². The molecule has 1 unspecified atom stereocenters. The third kappa shape index (κ3) is 5.12. The molecule has 0 radical (unpaired) electrons. The molecule has 0 fully saturated rings. The SMILES string of the molecule is CCc1csc(NC(Cc2ccccc2)(c2cc(F)cc(C(F)(F)F)c2)c2ccc(C)cn2)n1. The molecule has 0 aliphatic heterocycles. The number of aryl methyl sites for hydroxylation is 2. The summed E-state index contributed by atoms with van der Waals surface area (Å²) in [6, 6.07) is 15.6. The van der Waals surface area contributed by atoms with E-state index in [9.17, 15) is 17.6 Å². The Balaban J connectivity index is 1.99. The highest BCUT2D eigenvalue weighted by Gasteiger charge is 2.40. The fourth-order valence-corrected chi connectivity index (χ4v) is 4.72. The van der Waals surface area contributed by atoms with Crippen LogP contribution in [-0.2, 0) is 24.6 Å². The Kier molecular flexibility index (Phi) is 6.70. The average Bonchev–Trinajstić information content (AvgIpc) is 3.26. The molecule has 176 valence electrons. The lowest BCUT2D eigenvalue weighted by molar-refractivity contribution is -0.137. The standard InChI is InChI=1S/C26H23F4N3S/c1-3-22-16-34-24(32-22)33-25(14-18-7-5-4-6-8-18,23-10-9-17(2)15-31-23)19-11-20(26(28,29)30)13-21(27)12-19/h4-13,15-16H,3,14H2,1-2H3,(H,32,33). The van der Waals surface area contributed by atoms with E-state index in [0.29, 0.717) is 23.3 Å². The number of anilines is 1. The maximum absolute atomic E-state index is 14.6. The number of aromatic nitrogens is 2. The minimum Gasteiger partial charge on any atom is -0.346 e. The first-order valence-electron chi connectivity index (χ1n) is 10.8. The van der Waals surface area contributed by atoms with E-state index >= 15 is 0 Å². The molecule has 4 rings (SSSR count). The molecule has 8 heteroatoms. The second kappa shape index (κ2) is 9.54. The molecule has 3 nitrogen and oxygen atoms in total. The number of hydrogen-bond donors (Lipinski definition) is 1. The highest BCUT2D eigenvalue weighted by molar-refractivity contribution is 7.13. The second-order valence-electron chi connectivity index (χ2n) is 8.14. The first-order valence-corrected chi connectivity index (χ1v) is 11.7. The van der Waals surface area contributed by atoms with Gasteiger partial charge in [0.05, 0.1) is 17.0 Å². The van der Waals surface area contributed by atoms with Gasteiger partial charge in [-0.15, -0.1) is 11.3 Å². The third-order valence-electron chi connectivity index (χ3n) is 5.61. The van der Waals surface area contributed by atoms with E-state index < -0.39 is 23.1 Å². The van der Waals surface area contributed by atoms with Crippen LogP contribution in [0.4, 0.5) is 22.7 Å². The van der Waals surface area contributed by atoms with Gasteiger partial charge in [-0.05, 0) is 54.3 Å². The Labute approximate surface area is 199 Å². The van der Waals surface area contributed by atoms with Crippen molar-refractivity contribution >= 4 is 16.5 Å². The Bertz CT molecular complexity index is 1250. The summed E-state index contributed by atoms with van der Waals surface area (Å²) < 4.78 is 55.7. The van der Waals surface area contributed by atoms with Crippen molar-refractivity contribution in [3.63, 3.8) is 0 Å². The monoisotopic (exact) mass is 485 g/mol. The van der Waals surface area contributed by atoms with Gasteiger partial charge in [-0.1, -0.05) is 43.3 Å². The zero-order valence-corrected chi connectivity index (χ0v) is 19.5. The number of nitrogens with one attached hydrogen (secondary N) is 1. The fraction of sp³-hybridized carbons (Fsp3) is 0.231. The molecule has 0 aliphatic rings. The molecule has 1 N–H and O–H groups in total. The largest absolute Gasteiger partial charge is 0.416 e. The van der Waals surface area contributed by atoms with Crippen LogP contribution in [0, 0.1) is 12.7 Å². The molecule has 0 spiro atoms. The van der Waals surface area contributed by atoms with Crippen molar-refractivity contribution in [1.29, 1.82) is 0 Å². The van der Waals surface area contributed by atoms with Gasteiger partial charge < -0.3 is 5.32 Å². The summed E-state index contributed by atoms with van der Waals surface area (Å²) in [6.07, 6.45) is -2.11. The van der Waals surface area contributed by atoms with E-state index in [1.165, 1.54) is 11.3 Å². The minimum absolute atomic E-state index is 0.119. The topological polar surface area (TPSA) is 37.8 Å². The Morgan fingerprint density at radius 3 is 2.32 bits per heavy atom. The summed E-state index contributed by atoms with van der Waals surface area (Å²) in [5.74, 6) is -0.968. The maximum Gasteiger partial charge on any atom is 0.416 e. The zero-order chi connectivity index (χ0) is 24.3. The molecule has 0 saturated carbocycles. The predicted molar refractivity (Wildman–Crippen MR) is 126 cm³/mol. The van der Waals surface area contributed by atoms with Crippen LogP contribution in [0.15, 0.2) is 72.2 Å². The number of alkyl halides is 3. The van der Waals surface area contributed by atoms with E-state index in [1.54, 1.807) is 12.3 Å². The molecule has 2 aromatic heterocycles. The Morgan fingerprint density at radius 2 is 1.71 bits per heavy atom. The second-order valence-corrected chi connectivity index (χ2v) is 9.00. The van der Waals surface area contributed by atoms with Gasteiger partial charge in [0.1, 0.15) is 11.4 Å². The van der Waals surface area contributed by atoms with Crippen LogP contribution >= 0.6 is 11.3 Å². The average molecular weight is 486 g/mol. The number of hydrogen-bond acceptors (Lipinski definition) is 4. The van der Waals surface area contributed by atoms with Crippen LogP contribution in [-0.4, -0.2) is 9.97 Å². The molecule has 2 aromatic carbocycles. The fourth-order valence-electron chi connectivity index (χ4n) is 3.85. The lowest BCUT2D eigenvalue weighted by Gasteiger charge is -2.36. The number of thiazole rings is 1. The lowest BCUT2D eigenvalue weighted by atomic mass is 9.79. The molecule has 1 atom stereocenters. The zero-order valence-electron chi connectivity index (χ0n) is 18.7. The highest BCUT2D eigenvalue weighted by Crippen LogP contribution is 2.40.